The Kier molecular flexibility index (Phi) is 6.29. The van der Waals surface area contributed by atoms with Crippen molar-refractivity contribution in [3.63, 3.8) is 0 Å². The maximum absolute atomic E-state index is 12.5. The molecule has 2 amide bonds. The van der Waals surface area contributed by atoms with Crippen molar-refractivity contribution >= 4 is 34.8 Å². The van der Waals surface area contributed by atoms with E-state index in [0.29, 0.717) is 49.9 Å². The largest absolute Gasteiger partial charge is 0.340 e. The summed E-state index contributed by atoms with van der Waals surface area (Å²) < 4.78 is 0. The van der Waals surface area contributed by atoms with E-state index >= 15 is 0 Å². The fourth-order valence-electron chi connectivity index (χ4n) is 2.95. The molecule has 1 saturated heterocycles. The summed E-state index contributed by atoms with van der Waals surface area (Å²) >= 11 is 7.62. The molecule has 1 aromatic carbocycles. The Morgan fingerprint density at radius 2 is 1.92 bits per heavy atom. The van der Waals surface area contributed by atoms with Crippen molar-refractivity contribution in [1.29, 1.82) is 0 Å². The molecule has 0 aliphatic carbocycles. The number of benzene rings is 1. The summed E-state index contributed by atoms with van der Waals surface area (Å²) in [6.45, 7) is 3.67. The van der Waals surface area contributed by atoms with Crippen molar-refractivity contribution in [3.8, 4) is 0 Å². The molecule has 0 bridgehead atoms. The van der Waals surface area contributed by atoms with E-state index in [1.165, 1.54) is 4.88 Å². The van der Waals surface area contributed by atoms with Crippen LogP contribution in [-0.4, -0.2) is 66.3 Å². The van der Waals surface area contributed by atoms with Gasteiger partial charge in [-0.15, -0.1) is 11.3 Å². The highest BCUT2D eigenvalue weighted by Gasteiger charge is 2.24. The maximum atomic E-state index is 12.5. The summed E-state index contributed by atoms with van der Waals surface area (Å²) in [5.41, 5.74) is 0.609. The highest BCUT2D eigenvalue weighted by molar-refractivity contribution is 7.09. The standard InChI is InChI=1S/C19H22ClN3O2S/c1-21(13-17-6-3-11-26-17)18(24)14-22-7-9-23(10-8-22)19(25)15-4-2-5-16(20)12-15/h2-6,11-12H,7-10,13-14H2,1H3. The van der Waals surface area contributed by atoms with Crippen molar-refractivity contribution in [2.45, 2.75) is 6.54 Å². The molecular formula is C19H22ClN3O2S. The first-order valence-electron chi connectivity index (χ1n) is 8.56. The lowest BCUT2D eigenvalue weighted by atomic mass is 10.2. The lowest BCUT2D eigenvalue weighted by molar-refractivity contribution is -0.131. The van der Waals surface area contributed by atoms with Gasteiger partial charge in [0.15, 0.2) is 0 Å². The smallest absolute Gasteiger partial charge is 0.253 e. The molecule has 0 N–H and O–H groups in total. The average Bonchev–Trinajstić information content (AvgIpc) is 3.14. The monoisotopic (exact) mass is 391 g/mol. The minimum atomic E-state index is -0.00621. The van der Waals surface area contributed by atoms with Crippen LogP contribution in [-0.2, 0) is 11.3 Å². The summed E-state index contributed by atoms with van der Waals surface area (Å²) in [7, 11) is 1.83. The summed E-state index contributed by atoms with van der Waals surface area (Å²) in [6.07, 6.45) is 0. The van der Waals surface area contributed by atoms with Gasteiger partial charge in [-0.3, -0.25) is 14.5 Å². The molecular weight excluding hydrogens is 370 g/mol. The maximum Gasteiger partial charge on any atom is 0.253 e. The number of rotatable bonds is 5. The molecule has 1 aliphatic rings. The molecule has 0 unspecified atom stereocenters. The number of hydrogen-bond acceptors (Lipinski definition) is 4. The zero-order valence-corrected chi connectivity index (χ0v) is 16.3. The van der Waals surface area contributed by atoms with Crippen molar-refractivity contribution in [2.75, 3.05) is 39.8 Å². The van der Waals surface area contributed by atoms with Crippen LogP contribution in [0.3, 0.4) is 0 Å². The molecule has 0 radical (unpaired) electrons. The second-order valence-corrected chi connectivity index (χ2v) is 7.88. The molecule has 2 aromatic rings. The van der Waals surface area contributed by atoms with Gasteiger partial charge in [0.05, 0.1) is 13.1 Å². The zero-order valence-electron chi connectivity index (χ0n) is 14.7. The Bertz CT molecular complexity index is 758. The Hall–Kier alpha value is -1.89. The number of likely N-dealkylation sites (N-methyl/N-ethyl adjacent to an activating group) is 1. The van der Waals surface area contributed by atoms with Crippen molar-refractivity contribution in [2.24, 2.45) is 0 Å². The van der Waals surface area contributed by atoms with Crippen LogP contribution in [0.4, 0.5) is 0 Å². The number of hydrogen-bond donors (Lipinski definition) is 0. The summed E-state index contributed by atoms with van der Waals surface area (Å²) in [5.74, 6) is 0.0984. The fraction of sp³-hybridized carbons (Fsp3) is 0.368. The SMILES string of the molecule is CN(Cc1cccs1)C(=O)CN1CCN(C(=O)c2cccc(Cl)c2)CC1. The lowest BCUT2D eigenvalue weighted by Crippen LogP contribution is -2.51. The number of thiophene rings is 1. The van der Waals surface area contributed by atoms with E-state index in [1.54, 1.807) is 40.5 Å². The molecule has 1 aliphatic heterocycles. The topological polar surface area (TPSA) is 43.9 Å². The van der Waals surface area contributed by atoms with E-state index in [4.69, 9.17) is 11.6 Å². The van der Waals surface area contributed by atoms with Crippen LogP contribution in [0.25, 0.3) is 0 Å². The molecule has 0 spiro atoms. The van der Waals surface area contributed by atoms with Gasteiger partial charge in [0, 0.05) is 48.7 Å². The molecule has 0 atom stereocenters. The number of amides is 2. The molecule has 0 saturated carbocycles. The van der Waals surface area contributed by atoms with Gasteiger partial charge in [-0.1, -0.05) is 23.7 Å². The molecule has 5 nitrogen and oxygen atoms in total. The van der Waals surface area contributed by atoms with Crippen LogP contribution in [0.15, 0.2) is 41.8 Å². The average molecular weight is 392 g/mol. The van der Waals surface area contributed by atoms with Gasteiger partial charge >= 0.3 is 0 Å². The molecule has 7 heteroatoms. The van der Waals surface area contributed by atoms with Crippen LogP contribution >= 0.6 is 22.9 Å². The Morgan fingerprint density at radius 1 is 1.15 bits per heavy atom. The van der Waals surface area contributed by atoms with Crippen LogP contribution in [0, 0.1) is 0 Å². The Balaban J connectivity index is 1.47. The summed E-state index contributed by atoms with van der Waals surface area (Å²) in [6, 6.07) is 11.1. The highest BCUT2D eigenvalue weighted by atomic mass is 35.5. The predicted octanol–water partition coefficient (Wildman–Crippen LogP) is 2.82. The molecule has 26 heavy (non-hydrogen) atoms. The van der Waals surface area contributed by atoms with Gasteiger partial charge in [0.25, 0.3) is 5.91 Å². The second kappa shape index (κ2) is 8.66. The van der Waals surface area contributed by atoms with E-state index < -0.39 is 0 Å². The van der Waals surface area contributed by atoms with Gasteiger partial charge in [0.2, 0.25) is 5.91 Å². The van der Waals surface area contributed by atoms with Crippen molar-refractivity contribution < 1.29 is 9.59 Å². The van der Waals surface area contributed by atoms with E-state index in [9.17, 15) is 9.59 Å². The minimum absolute atomic E-state index is 0.00621. The summed E-state index contributed by atoms with van der Waals surface area (Å²) in [4.78, 5) is 31.8. The van der Waals surface area contributed by atoms with Crippen LogP contribution < -0.4 is 0 Å². The van der Waals surface area contributed by atoms with Crippen LogP contribution in [0.5, 0.6) is 0 Å². The van der Waals surface area contributed by atoms with Crippen LogP contribution in [0.1, 0.15) is 15.2 Å². The molecule has 3 rings (SSSR count). The third-order valence-corrected chi connectivity index (χ3v) is 5.59. The third-order valence-electron chi connectivity index (χ3n) is 4.49. The predicted molar refractivity (Wildman–Crippen MR) is 105 cm³/mol. The van der Waals surface area contributed by atoms with E-state index in [-0.39, 0.29) is 11.8 Å². The lowest BCUT2D eigenvalue weighted by Gasteiger charge is -2.35. The van der Waals surface area contributed by atoms with E-state index in [1.807, 2.05) is 29.5 Å². The minimum Gasteiger partial charge on any atom is -0.340 e. The van der Waals surface area contributed by atoms with Gasteiger partial charge < -0.3 is 9.80 Å². The number of piperazine rings is 1. The quantitative estimate of drug-likeness (QED) is 0.787. The van der Waals surface area contributed by atoms with E-state index in [0.717, 1.165) is 0 Å². The summed E-state index contributed by atoms with van der Waals surface area (Å²) in [5, 5.41) is 2.58. The Labute approximate surface area is 162 Å². The first-order chi connectivity index (χ1) is 12.5. The van der Waals surface area contributed by atoms with Crippen molar-refractivity contribution in [3.05, 3.63) is 57.2 Å². The van der Waals surface area contributed by atoms with Gasteiger partial charge in [-0.2, -0.15) is 0 Å². The first-order valence-corrected chi connectivity index (χ1v) is 9.82. The number of nitrogens with zero attached hydrogens (tertiary/aromatic N) is 3. The number of carbonyl (C=O) groups is 2. The zero-order chi connectivity index (χ0) is 18.5. The van der Waals surface area contributed by atoms with E-state index in [2.05, 4.69) is 4.90 Å². The molecule has 138 valence electrons. The third kappa shape index (κ3) is 4.84. The first kappa shape index (κ1) is 18.9. The van der Waals surface area contributed by atoms with Gasteiger partial charge in [-0.25, -0.2) is 0 Å². The molecule has 1 fully saturated rings. The van der Waals surface area contributed by atoms with Crippen molar-refractivity contribution in [1.82, 2.24) is 14.7 Å². The second-order valence-electron chi connectivity index (χ2n) is 6.41. The molecule has 2 heterocycles. The number of halogens is 1. The molecule has 1 aromatic heterocycles. The normalized spacial score (nSPS) is 15.1. The van der Waals surface area contributed by atoms with Gasteiger partial charge in [0.1, 0.15) is 0 Å². The highest BCUT2D eigenvalue weighted by Crippen LogP contribution is 2.15. The fourth-order valence-corrected chi connectivity index (χ4v) is 3.90. The Morgan fingerprint density at radius 3 is 2.58 bits per heavy atom. The van der Waals surface area contributed by atoms with Gasteiger partial charge in [-0.05, 0) is 29.6 Å². The van der Waals surface area contributed by atoms with Crippen LogP contribution in [0.2, 0.25) is 5.02 Å². The number of carbonyl (C=O) groups excluding carboxylic acids is 2.